The van der Waals surface area contributed by atoms with E-state index in [2.05, 4.69) is 32.2 Å². The van der Waals surface area contributed by atoms with Crippen LogP contribution in [0.1, 0.15) is 60.3 Å². The zero-order valence-electron chi connectivity index (χ0n) is 49.2. The maximum atomic E-state index is 12.4. The summed E-state index contributed by atoms with van der Waals surface area (Å²) >= 11 is 0. The Hall–Kier alpha value is -7.57. The molecule has 0 aromatic heterocycles. The van der Waals surface area contributed by atoms with Gasteiger partial charge < -0.3 is 72.3 Å². The van der Waals surface area contributed by atoms with E-state index in [0.717, 1.165) is 43.8 Å². The van der Waals surface area contributed by atoms with E-state index in [1.165, 1.54) is 4.90 Å². The molecule has 4 saturated heterocycles. The lowest BCUT2D eigenvalue weighted by molar-refractivity contribution is -0.388. The van der Waals surface area contributed by atoms with Gasteiger partial charge in [0.15, 0.2) is 25.2 Å². The van der Waals surface area contributed by atoms with Crippen LogP contribution in [0.4, 0.5) is 4.79 Å². The molecule has 89 heavy (non-hydrogen) atoms. The number of fused-ring (bicyclic) bond motifs is 3. The lowest BCUT2D eigenvalue weighted by Gasteiger charge is -2.51. The molecule has 1 amide bonds. The van der Waals surface area contributed by atoms with Gasteiger partial charge >= 0.3 is 6.09 Å². The number of hydrogen-bond donors (Lipinski definition) is 4. The number of rotatable bonds is 26. The fourth-order valence-electron chi connectivity index (χ4n) is 11.8. The molecule has 4 aliphatic heterocycles. The molecule has 0 spiro atoms. The van der Waals surface area contributed by atoms with Crippen LogP contribution in [0.3, 0.4) is 0 Å². The molecular weight excluding hydrogens is 1140 g/mol. The smallest absolute Gasteiger partial charge is 0.407 e. The third kappa shape index (κ3) is 15.9. The monoisotopic (exact) mass is 1220 g/mol. The minimum absolute atomic E-state index is 0.0564. The number of aliphatic hydroxyl groups is 2. The van der Waals surface area contributed by atoms with E-state index >= 15 is 0 Å². The molecule has 0 bridgehead atoms. The van der Waals surface area contributed by atoms with Gasteiger partial charge in [0, 0.05) is 30.2 Å². The van der Waals surface area contributed by atoms with Crippen LogP contribution in [0.2, 0.25) is 0 Å². The average Bonchev–Trinajstić information content (AvgIpc) is 1.91. The predicted octanol–water partition coefficient (Wildman–Crippen LogP) is 10.4. The van der Waals surface area contributed by atoms with E-state index in [9.17, 15) is 25.6 Å². The predicted molar refractivity (Wildman–Crippen MR) is 323 cm³/mol. The molecular formula is C67H74N7O15+. The Morgan fingerprint density at radius 1 is 0.607 bits per heavy atom. The van der Waals surface area contributed by atoms with E-state index in [1.807, 2.05) is 164 Å². The zero-order chi connectivity index (χ0) is 61.5. The molecule has 22 heteroatoms. The molecule has 16 atom stereocenters. The topological polar surface area (TPSA) is 282 Å². The maximum absolute atomic E-state index is 12.4. The van der Waals surface area contributed by atoms with Crippen LogP contribution < -0.4 is 4.91 Å². The first-order chi connectivity index (χ1) is 43.6. The van der Waals surface area contributed by atoms with E-state index in [0.29, 0.717) is 31.4 Å². The first-order valence-electron chi connectivity index (χ1n) is 30.1. The molecule has 7 aromatic carbocycles. The molecule has 7 aromatic rings. The van der Waals surface area contributed by atoms with Crippen LogP contribution in [-0.2, 0) is 78.5 Å². The molecule has 4 aliphatic rings. The molecule has 0 radical (unpaired) electrons. The van der Waals surface area contributed by atoms with Crippen LogP contribution in [0.25, 0.3) is 32.0 Å². The van der Waals surface area contributed by atoms with Crippen molar-refractivity contribution in [2.24, 2.45) is 10.2 Å². The summed E-state index contributed by atoms with van der Waals surface area (Å²) in [6.07, 6.45) is -15.8. The lowest BCUT2D eigenvalue weighted by atomic mass is 9.93. The number of hydrogen-bond acceptors (Lipinski definition) is 17. The summed E-state index contributed by atoms with van der Waals surface area (Å²) in [4.78, 5) is 20.3. The van der Waals surface area contributed by atoms with Gasteiger partial charge in [-0.1, -0.05) is 169 Å². The minimum Gasteiger partial charge on any atom is -0.465 e. The minimum atomic E-state index is -1.60. The fraction of sp³-hybridized carbons (Fsp3) is 0.418. The summed E-state index contributed by atoms with van der Waals surface area (Å²) in [6, 6.07) is 53.9. The Morgan fingerprint density at radius 2 is 1.21 bits per heavy atom. The van der Waals surface area contributed by atoms with Crippen molar-refractivity contribution in [3.8, 4) is 0 Å². The van der Waals surface area contributed by atoms with E-state index < -0.39 is 104 Å². The second kappa shape index (κ2) is 30.8. The third-order valence-electron chi connectivity index (χ3n) is 16.5. The number of benzene rings is 7. The van der Waals surface area contributed by atoms with Crippen molar-refractivity contribution < 1.29 is 72.2 Å². The fourth-order valence-corrected chi connectivity index (χ4v) is 11.8. The highest BCUT2D eigenvalue weighted by Crippen LogP contribution is 2.41. The summed E-state index contributed by atoms with van der Waals surface area (Å²) in [5, 5.41) is 44.8. The number of azide groups is 1. The maximum Gasteiger partial charge on any atom is 0.407 e. The standard InChI is InChI=1S/C67H73N7O15/c1-42-56(75)57(76)54(70-72-68)64(84-42)89-60-55(71-73-69)65(85-53-41-83-63(87-58(53)60)49-24-10-4-11-25-49)88-59-52(40-79-37-44-20-8-3-9-21-44)86-66(80-33-17-5-16-32-74(67(77)78)36-43-18-6-2-7-19-43)62(82-39-46-29-31-48-23-13-15-27-51(48)35-46)61(59)81-38-45-28-30-47-22-12-14-26-50(47)34-45/h2-4,6-15,18-31,34-35,42,52-66,69,75-76H,5,16-17,32-33,36-41H2,1H3/p+1/t42-,52+,53+,54-,55+,56+,57-,58-,59-,60+,61-,62+,63-,64-,65+,66-/m0/s1. The zero-order valence-corrected chi connectivity index (χ0v) is 49.2. The molecule has 11 rings (SSSR count). The van der Waals surface area contributed by atoms with Crippen LogP contribution >= 0.6 is 0 Å². The largest absolute Gasteiger partial charge is 0.465 e. The molecule has 466 valence electrons. The molecule has 0 saturated carbocycles. The van der Waals surface area contributed by atoms with Crippen molar-refractivity contribution in [1.29, 1.82) is 5.53 Å². The lowest BCUT2D eigenvalue weighted by Crippen LogP contribution is -2.67. The first-order valence-corrected chi connectivity index (χ1v) is 30.1. The quantitative estimate of drug-likeness (QED) is 0.0170. The normalized spacial score (nSPS) is 28.5. The summed E-state index contributed by atoms with van der Waals surface area (Å²) in [5.74, 6) is 0. The van der Waals surface area contributed by atoms with Gasteiger partial charge in [0.25, 0.3) is 0 Å². The van der Waals surface area contributed by atoms with Gasteiger partial charge in [-0.3, -0.25) is 0 Å². The molecule has 0 aliphatic carbocycles. The van der Waals surface area contributed by atoms with Gasteiger partial charge in [-0.15, -0.1) is 0 Å². The Labute approximate surface area is 514 Å². The Balaban J connectivity index is 0.951. The number of aliphatic hydroxyl groups excluding tert-OH is 2. The Bertz CT molecular complexity index is 3500. The van der Waals surface area contributed by atoms with E-state index in [-0.39, 0.29) is 46.2 Å². The number of nitrogens with zero attached hydrogens (tertiary/aromatic N) is 6. The second-order valence-electron chi connectivity index (χ2n) is 22.6. The molecule has 4 N–H and O–H groups in total. The number of nitrogens with one attached hydrogen (secondary N) is 1. The Kier molecular flexibility index (Phi) is 21.8. The van der Waals surface area contributed by atoms with Crippen molar-refractivity contribution in [2.75, 3.05) is 26.4 Å². The van der Waals surface area contributed by atoms with E-state index in [4.69, 9.17) is 57.6 Å². The van der Waals surface area contributed by atoms with Crippen molar-refractivity contribution in [3.05, 3.63) is 214 Å². The number of ether oxygens (including phenoxy) is 11. The van der Waals surface area contributed by atoms with Crippen molar-refractivity contribution in [3.63, 3.8) is 0 Å². The van der Waals surface area contributed by atoms with Crippen molar-refractivity contribution in [2.45, 2.75) is 151 Å². The number of unbranched alkanes of at least 4 members (excludes halogenated alkanes) is 2. The summed E-state index contributed by atoms with van der Waals surface area (Å²) in [6.45, 7) is 2.54. The highest BCUT2D eigenvalue weighted by molar-refractivity contribution is 5.83. The molecule has 4 fully saturated rings. The first kappa shape index (κ1) is 63.0. The Morgan fingerprint density at radius 3 is 1.87 bits per heavy atom. The van der Waals surface area contributed by atoms with Gasteiger partial charge in [-0.25, -0.2) is 4.79 Å². The summed E-state index contributed by atoms with van der Waals surface area (Å²) in [5.41, 5.74) is 22.2. The average molecular weight is 1220 g/mol. The van der Waals surface area contributed by atoms with Gasteiger partial charge in [0.2, 0.25) is 11.0 Å². The van der Waals surface area contributed by atoms with Crippen LogP contribution in [-0.4, -0.2) is 145 Å². The highest BCUT2D eigenvalue weighted by atomic mass is 16.8. The van der Waals surface area contributed by atoms with Gasteiger partial charge in [-0.2, -0.15) is 0 Å². The molecule has 4 heterocycles. The van der Waals surface area contributed by atoms with Gasteiger partial charge in [-0.05, 0) is 87.6 Å². The van der Waals surface area contributed by atoms with Gasteiger partial charge in [0.05, 0.1) is 45.2 Å². The van der Waals surface area contributed by atoms with Crippen LogP contribution in [0.5, 0.6) is 0 Å². The summed E-state index contributed by atoms with van der Waals surface area (Å²) in [7, 11) is 0. The number of amides is 1. The number of carbonyl (C=O) groups is 1. The highest BCUT2D eigenvalue weighted by Gasteiger charge is 2.59. The molecule has 22 nitrogen and oxygen atoms in total. The van der Waals surface area contributed by atoms with Crippen LogP contribution in [0.15, 0.2) is 186 Å². The van der Waals surface area contributed by atoms with E-state index in [1.54, 1.807) is 6.92 Å². The third-order valence-corrected chi connectivity index (χ3v) is 16.5. The SMILES string of the molecule is C[C@@H]1O[C@@H](O[C@@H]2[C@@H](N=[N+]=N)[C@@H](O[C@@H]3[C@H](OCc4ccc5ccccc5c4)[C@@H](OCc4ccc5ccccc5c4)[C@@H](OCCCCCN(Cc4ccccc4)C(=O)O)O[C@@H]3COCc3ccccc3)O[C@@H]3CO[C@H](c4ccccc4)O[C@H]23)[C@@H](N=[N+]=[N-])[C@H](O)[C@@H]1O. The number of carboxylic acid groups (broad SMARTS) is 1. The molecule has 0 unspecified atom stereocenters. The second-order valence-corrected chi connectivity index (χ2v) is 22.6. The van der Waals surface area contributed by atoms with Crippen molar-refractivity contribution in [1.82, 2.24) is 9.81 Å². The summed E-state index contributed by atoms with van der Waals surface area (Å²) < 4.78 is 75.1. The van der Waals surface area contributed by atoms with Crippen LogP contribution in [0, 0.1) is 5.53 Å². The van der Waals surface area contributed by atoms with Crippen molar-refractivity contribution >= 4 is 27.6 Å². The van der Waals surface area contributed by atoms with Gasteiger partial charge in [0.1, 0.15) is 65.5 Å².